The highest BCUT2D eigenvalue weighted by atomic mass is 16.5. The van der Waals surface area contributed by atoms with Crippen LogP contribution in [0.15, 0.2) is 95.6 Å². The highest BCUT2D eigenvalue weighted by Gasteiger charge is 2.27. The molecule has 1 saturated heterocycles. The first-order valence-corrected chi connectivity index (χ1v) is 12.6. The lowest BCUT2D eigenvalue weighted by Gasteiger charge is -2.29. The maximum Gasteiger partial charge on any atom is 0.322 e. The van der Waals surface area contributed by atoms with Crippen LogP contribution in [0, 0.1) is 0 Å². The number of rotatable bonds is 9. The summed E-state index contributed by atoms with van der Waals surface area (Å²) in [7, 11) is 0. The molecule has 1 aliphatic heterocycles. The van der Waals surface area contributed by atoms with Gasteiger partial charge in [-0.15, -0.1) is 0 Å². The van der Waals surface area contributed by atoms with Crippen molar-refractivity contribution in [1.82, 2.24) is 9.80 Å². The lowest BCUT2D eigenvalue weighted by Crippen LogP contribution is -2.46. The minimum Gasteiger partial charge on any atom is -0.467 e. The van der Waals surface area contributed by atoms with Gasteiger partial charge in [0.1, 0.15) is 12.3 Å². The molecule has 4 aromatic rings. The molecule has 0 aliphatic carbocycles. The first kappa shape index (κ1) is 24.6. The van der Waals surface area contributed by atoms with Gasteiger partial charge in [-0.1, -0.05) is 66.7 Å². The molecule has 5 rings (SSSR count). The van der Waals surface area contributed by atoms with Gasteiger partial charge in [0.2, 0.25) is 5.91 Å². The molecule has 1 atom stereocenters. The Morgan fingerprint density at radius 2 is 1.68 bits per heavy atom. The third kappa shape index (κ3) is 6.37. The topological polar surface area (TPSA) is 75.0 Å². The van der Waals surface area contributed by atoms with Gasteiger partial charge in [-0.2, -0.15) is 0 Å². The van der Waals surface area contributed by atoms with Gasteiger partial charge >= 0.3 is 6.03 Å². The quantitative estimate of drug-likeness (QED) is 0.323. The van der Waals surface area contributed by atoms with Crippen molar-refractivity contribution in [3.05, 3.63) is 103 Å². The van der Waals surface area contributed by atoms with Crippen LogP contribution in [0.5, 0.6) is 0 Å². The molecule has 7 heteroatoms. The van der Waals surface area contributed by atoms with Crippen molar-refractivity contribution >= 4 is 28.4 Å². The van der Waals surface area contributed by atoms with E-state index in [-0.39, 0.29) is 24.6 Å². The maximum atomic E-state index is 13.6. The van der Waals surface area contributed by atoms with E-state index in [9.17, 15) is 9.59 Å². The lowest BCUT2D eigenvalue weighted by molar-refractivity contribution is -0.133. The fourth-order valence-corrected chi connectivity index (χ4v) is 4.67. The molecule has 1 fully saturated rings. The highest BCUT2D eigenvalue weighted by molar-refractivity contribution is 6.02. The van der Waals surface area contributed by atoms with Crippen LogP contribution >= 0.6 is 0 Å². The summed E-state index contributed by atoms with van der Waals surface area (Å²) in [6, 6.07) is 26.9. The Labute approximate surface area is 216 Å². The standard InChI is InChI=1S/C30H31N3O4/c34-29(32(20-25-13-7-17-36-25)19-23-9-2-1-3-10-23)22-33(21-26-14-8-18-37-26)30(35)31-28-16-6-12-24-11-4-5-15-27(24)28/h1-7,9-13,15-17,26H,8,14,18-22H2,(H,31,35). The number of carbonyl (C=O) groups is 2. The number of urea groups is 1. The van der Waals surface area contributed by atoms with Crippen molar-refractivity contribution in [2.45, 2.75) is 32.0 Å². The molecule has 2 heterocycles. The predicted molar refractivity (Wildman–Crippen MR) is 143 cm³/mol. The Bertz CT molecular complexity index is 1310. The SMILES string of the molecule is O=C(CN(CC1CCCO1)C(=O)Nc1cccc2ccccc12)N(Cc1ccccc1)Cc1ccco1. The number of nitrogens with one attached hydrogen (secondary N) is 1. The molecule has 1 aliphatic rings. The Kier molecular flexibility index (Phi) is 7.81. The molecule has 1 aromatic heterocycles. The molecular weight excluding hydrogens is 466 g/mol. The van der Waals surface area contributed by atoms with Crippen molar-refractivity contribution in [1.29, 1.82) is 0 Å². The number of ether oxygens (including phenoxy) is 1. The van der Waals surface area contributed by atoms with Gasteiger partial charge in [-0.05, 0) is 42.0 Å². The Hall–Kier alpha value is -4.10. The number of amides is 3. The maximum absolute atomic E-state index is 13.6. The number of carbonyl (C=O) groups excluding carboxylic acids is 2. The van der Waals surface area contributed by atoms with E-state index in [1.165, 1.54) is 0 Å². The Balaban J connectivity index is 1.36. The van der Waals surface area contributed by atoms with E-state index < -0.39 is 0 Å². The zero-order valence-electron chi connectivity index (χ0n) is 20.7. The zero-order chi connectivity index (χ0) is 25.5. The fraction of sp³-hybridized carbons (Fsp3) is 0.267. The van der Waals surface area contributed by atoms with Gasteiger partial charge in [0.25, 0.3) is 0 Å². The molecule has 1 N–H and O–H groups in total. The first-order chi connectivity index (χ1) is 18.2. The molecule has 3 amide bonds. The van der Waals surface area contributed by atoms with E-state index in [2.05, 4.69) is 5.32 Å². The number of benzene rings is 3. The molecule has 0 spiro atoms. The van der Waals surface area contributed by atoms with Crippen molar-refractivity contribution in [3.63, 3.8) is 0 Å². The first-order valence-electron chi connectivity index (χ1n) is 12.6. The van der Waals surface area contributed by atoms with Gasteiger partial charge in [0.15, 0.2) is 0 Å². The number of fused-ring (bicyclic) bond motifs is 1. The van der Waals surface area contributed by atoms with Gasteiger partial charge in [0, 0.05) is 25.1 Å². The van der Waals surface area contributed by atoms with Crippen molar-refractivity contribution in [2.75, 3.05) is 25.0 Å². The van der Waals surface area contributed by atoms with E-state index >= 15 is 0 Å². The normalized spacial score (nSPS) is 15.0. The molecular formula is C30H31N3O4. The van der Waals surface area contributed by atoms with E-state index in [0.717, 1.165) is 29.2 Å². The van der Waals surface area contributed by atoms with Crippen LogP contribution in [0.4, 0.5) is 10.5 Å². The lowest BCUT2D eigenvalue weighted by atomic mass is 10.1. The number of furan rings is 1. The summed E-state index contributed by atoms with van der Waals surface area (Å²) in [4.78, 5) is 30.5. The fourth-order valence-electron chi connectivity index (χ4n) is 4.67. The number of nitrogens with zero attached hydrogens (tertiary/aromatic N) is 2. The molecule has 190 valence electrons. The summed E-state index contributed by atoms with van der Waals surface area (Å²) in [5.74, 6) is 0.529. The molecule has 1 unspecified atom stereocenters. The summed E-state index contributed by atoms with van der Waals surface area (Å²) in [5.41, 5.74) is 1.72. The zero-order valence-corrected chi connectivity index (χ0v) is 20.7. The molecule has 0 radical (unpaired) electrons. The van der Waals surface area contributed by atoms with Gasteiger partial charge < -0.3 is 24.3 Å². The Morgan fingerprint density at radius 3 is 2.46 bits per heavy atom. The average Bonchev–Trinajstić information content (AvgIpc) is 3.63. The van der Waals surface area contributed by atoms with Crippen LogP contribution in [0.3, 0.4) is 0 Å². The van der Waals surface area contributed by atoms with E-state index in [1.807, 2.05) is 84.9 Å². The summed E-state index contributed by atoms with van der Waals surface area (Å²) in [6.45, 7) is 1.70. The van der Waals surface area contributed by atoms with Crippen LogP contribution < -0.4 is 5.32 Å². The summed E-state index contributed by atoms with van der Waals surface area (Å²) in [5, 5.41) is 5.03. The van der Waals surface area contributed by atoms with Crippen molar-refractivity contribution in [2.24, 2.45) is 0 Å². The van der Waals surface area contributed by atoms with Crippen molar-refractivity contribution < 1.29 is 18.7 Å². The molecule has 0 saturated carbocycles. The monoisotopic (exact) mass is 497 g/mol. The van der Waals surface area contributed by atoms with Gasteiger partial charge in [-0.25, -0.2) is 4.79 Å². The Morgan fingerprint density at radius 1 is 0.865 bits per heavy atom. The minimum atomic E-state index is -0.321. The third-order valence-corrected chi connectivity index (χ3v) is 6.59. The van der Waals surface area contributed by atoms with Crippen LogP contribution in [0.25, 0.3) is 10.8 Å². The average molecular weight is 498 g/mol. The largest absolute Gasteiger partial charge is 0.467 e. The van der Waals surface area contributed by atoms with E-state index in [1.54, 1.807) is 16.1 Å². The summed E-state index contributed by atoms with van der Waals surface area (Å²) in [6.07, 6.45) is 3.34. The van der Waals surface area contributed by atoms with E-state index in [4.69, 9.17) is 9.15 Å². The number of hydrogen-bond acceptors (Lipinski definition) is 4. The minimum absolute atomic E-state index is 0.0655. The molecule has 3 aromatic carbocycles. The number of hydrogen-bond donors (Lipinski definition) is 1. The highest BCUT2D eigenvalue weighted by Crippen LogP contribution is 2.24. The second kappa shape index (κ2) is 11.8. The van der Waals surface area contributed by atoms with Gasteiger partial charge in [-0.3, -0.25) is 4.79 Å². The molecule has 37 heavy (non-hydrogen) atoms. The van der Waals surface area contributed by atoms with Crippen LogP contribution in [-0.4, -0.2) is 47.5 Å². The van der Waals surface area contributed by atoms with Crippen molar-refractivity contribution in [3.8, 4) is 0 Å². The predicted octanol–water partition coefficient (Wildman–Crippen LogP) is 5.67. The van der Waals surface area contributed by atoms with E-state index in [0.29, 0.717) is 37.7 Å². The smallest absolute Gasteiger partial charge is 0.322 e. The molecule has 0 bridgehead atoms. The third-order valence-electron chi connectivity index (χ3n) is 6.59. The second-order valence-electron chi connectivity index (χ2n) is 9.29. The van der Waals surface area contributed by atoms with Crippen LogP contribution in [-0.2, 0) is 22.6 Å². The van der Waals surface area contributed by atoms with Crippen LogP contribution in [0.1, 0.15) is 24.2 Å². The second-order valence-corrected chi connectivity index (χ2v) is 9.29. The summed E-state index contributed by atoms with van der Waals surface area (Å²) < 4.78 is 11.3. The molecule has 7 nitrogen and oxygen atoms in total. The van der Waals surface area contributed by atoms with Crippen LogP contribution in [0.2, 0.25) is 0 Å². The number of anilines is 1. The van der Waals surface area contributed by atoms with Gasteiger partial charge in [0.05, 0.1) is 24.6 Å². The summed E-state index contributed by atoms with van der Waals surface area (Å²) >= 11 is 0.